The third-order valence-electron chi connectivity index (χ3n) is 2.63. The predicted octanol–water partition coefficient (Wildman–Crippen LogP) is 3.02. The lowest BCUT2D eigenvalue weighted by atomic mass is 10.00. The van der Waals surface area contributed by atoms with Gasteiger partial charge in [-0.15, -0.1) is 0 Å². The minimum absolute atomic E-state index is 0.0478. The molecule has 1 amide bonds. The van der Waals surface area contributed by atoms with Gasteiger partial charge >= 0.3 is 12.3 Å². The Kier molecular flexibility index (Phi) is 3.14. The smallest absolute Gasteiger partial charge is 0.416 e. The number of alkyl carbamates (subject to hydrolysis) is 1. The third kappa shape index (κ3) is 2.55. The van der Waals surface area contributed by atoms with E-state index in [2.05, 4.69) is 10.1 Å². The van der Waals surface area contributed by atoms with Crippen molar-refractivity contribution in [2.45, 2.75) is 18.6 Å². The molecule has 3 nitrogen and oxygen atoms in total. The van der Waals surface area contributed by atoms with Crippen LogP contribution in [-0.2, 0) is 10.9 Å². The van der Waals surface area contributed by atoms with Gasteiger partial charge in [-0.3, -0.25) is 0 Å². The summed E-state index contributed by atoms with van der Waals surface area (Å²) < 4.78 is 55.6. The van der Waals surface area contributed by atoms with Crippen molar-refractivity contribution in [1.82, 2.24) is 5.32 Å². The molecule has 1 aromatic carbocycles. The van der Waals surface area contributed by atoms with Crippen LogP contribution in [0.3, 0.4) is 0 Å². The van der Waals surface area contributed by atoms with Gasteiger partial charge in [-0.1, -0.05) is 0 Å². The second-order valence-electron chi connectivity index (χ2n) is 3.86. The van der Waals surface area contributed by atoms with Gasteiger partial charge in [-0.25, -0.2) is 9.18 Å². The molecule has 0 bridgehead atoms. The summed E-state index contributed by atoms with van der Waals surface area (Å²) >= 11 is 0. The van der Waals surface area contributed by atoms with Crippen LogP contribution >= 0.6 is 0 Å². The lowest BCUT2D eigenvalue weighted by Gasteiger charge is -2.24. The molecule has 1 aliphatic rings. The number of cyclic esters (lactones) is 1. The number of halogens is 4. The van der Waals surface area contributed by atoms with Crippen LogP contribution < -0.4 is 5.32 Å². The molecule has 7 heteroatoms. The van der Waals surface area contributed by atoms with Crippen LogP contribution in [-0.4, -0.2) is 12.7 Å². The van der Waals surface area contributed by atoms with Gasteiger partial charge in [0.05, 0.1) is 18.2 Å². The van der Waals surface area contributed by atoms with Crippen LogP contribution in [0.1, 0.15) is 23.6 Å². The van der Waals surface area contributed by atoms with E-state index in [0.717, 1.165) is 6.07 Å². The van der Waals surface area contributed by atoms with Crippen LogP contribution in [0.2, 0.25) is 0 Å². The number of benzene rings is 1. The maximum absolute atomic E-state index is 13.5. The average Bonchev–Trinajstić information content (AvgIpc) is 2.28. The molecule has 1 aliphatic heterocycles. The number of amides is 1. The molecule has 2 rings (SSSR count). The van der Waals surface area contributed by atoms with E-state index >= 15 is 0 Å². The first-order chi connectivity index (χ1) is 8.38. The fourth-order valence-electron chi connectivity index (χ4n) is 1.75. The highest BCUT2D eigenvalue weighted by atomic mass is 19.4. The number of hydrogen-bond donors (Lipinski definition) is 1. The summed E-state index contributed by atoms with van der Waals surface area (Å²) in [6, 6.07) is 1.33. The minimum Gasteiger partial charge on any atom is -0.449 e. The molecule has 1 atom stereocenters. The first kappa shape index (κ1) is 12.7. The Morgan fingerprint density at radius 2 is 2.06 bits per heavy atom. The highest BCUT2D eigenvalue weighted by molar-refractivity contribution is 5.68. The summed E-state index contributed by atoms with van der Waals surface area (Å²) in [5, 5.41) is 2.28. The molecule has 0 aromatic heterocycles. The quantitative estimate of drug-likeness (QED) is 0.791. The summed E-state index contributed by atoms with van der Waals surface area (Å²) in [7, 11) is 0. The molecule has 1 heterocycles. The molecular formula is C11H9F4NO2. The number of rotatable bonds is 1. The Morgan fingerprint density at radius 1 is 1.33 bits per heavy atom. The van der Waals surface area contributed by atoms with Gasteiger partial charge in [0.25, 0.3) is 0 Å². The van der Waals surface area contributed by atoms with Crippen molar-refractivity contribution in [3.8, 4) is 0 Å². The van der Waals surface area contributed by atoms with E-state index in [1.54, 1.807) is 0 Å². The van der Waals surface area contributed by atoms with Crippen molar-refractivity contribution < 1.29 is 27.1 Å². The van der Waals surface area contributed by atoms with Gasteiger partial charge in [0.15, 0.2) is 0 Å². The molecule has 98 valence electrons. The second-order valence-corrected chi connectivity index (χ2v) is 3.86. The molecule has 0 unspecified atom stereocenters. The van der Waals surface area contributed by atoms with Crippen molar-refractivity contribution in [2.75, 3.05) is 6.61 Å². The zero-order valence-corrected chi connectivity index (χ0v) is 9.05. The van der Waals surface area contributed by atoms with Crippen molar-refractivity contribution in [2.24, 2.45) is 0 Å². The summed E-state index contributed by atoms with van der Waals surface area (Å²) in [6.45, 7) is 0.0478. The fraction of sp³-hybridized carbons (Fsp3) is 0.364. The SMILES string of the molecule is O=C1N[C@@H](c2cc(C(F)(F)F)ccc2F)CCO1. The van der Waals surface area contributed by atoms with Crippen LogP contribution in [0.15, 0.2) is 18.2 Å². The Morgan fingerprint density at radius 3 is 2.67 bits per heavy atom. The first-order valence-electron chi connectivity index (χ1n) is 5.18. The van der Waals surface area contributed by atoms with Gasteiger partial charge in [-0.05, 0) is 18.2 Å². The normalized spacial score (nSPS) is 20.2. The van der Waals surface area contributed by atoms with Crippen LogP contribution in [0, 0.1) is 5.82 Å². The first-order valence-corrected chi connectivity index (χ1v) is 5.18. The summed E-state index contributed by atoms with van der Waals surface area (Å²) in [4.78, 5) is 11.0. The largest absolute Gasteiger partial charge is 0.449 e. The van der Waals surface area contributed by atoms with Crippen molar-refractivity contribution >= 4 is 6.09 Å². The standard InChI is InChI=1S/C11H9F4NO2/c12-8-2-1-6(11(13,14)15)5-7(8)9-3-4-18-10(17)16-9/h1-2,5,9H,3-4H2,(H,16,17)/t9-/m1/s1. The molecule has 18 heavy (non-hydrogen) atoms. The van der Waals surface area contributed by atoms with Crippen LogP contribution in [0.25, 0.3) is 0 Å². The van der Waals surface area contributed by atoms with Gasteiger partial charge in [0.2, 0.25) is 0 Å². The third-order valence-corrected chi connectivity index (χ3v) is 2.63. The van der Waals surface area contributed by atoms with Crippen molar-refractivity contribution in [3.05, 3.63) is 35.1 Å². The zero-order chi connectivity index (χ0) is 13.3. The fourth-order valence-corrected chi connectivity index (χ4v) is 1.75. The Labute approximate surface area is 99.7 Å². The topological polar surface area (TPSA) is 38.3 Å². The lowest BCUT2D eigenvalue weighted by Crippen LogP contribution is -2.35. The molecule has 0 saturated carbocycles. The maximum Gasteiger partial charge on any atom is 0.416 e. The van der Waals surface area contributed by atoms with Crippen LogP contribution in [0.4, 0.5) is 22.4 Å². The summed E-state index contributed by atoms with van der Waals surface area (Å²) in [5.41, 5.74) is -1.12. The van der Waals surface area contributed by atoms with Crippen molar-refractivity contribution in [1.29, 1.82) is 0 Å². The maximum atomic E-state index is 13.5. The molecule has 0 radical (unpaired) electrons. The summed E-state index contributed by atoms with van der Waals surface area (Å²) in [5.74, 6) is -0.782. The molecule has 1 saturated heterocycles. The summed E-state index contributed by atoms with van der Waals surface area (Å²) in [6.07, 6.45) is -5.08. The van der Waals surface area contributed by atoms with Gasteiger partial charge in [0.1, 0.15) is 5.82 Å². The highest BCUT2D eigenvalue weighted by Crippen LogP contribution is 2.33. The monoisotopic (exact) mass is 263 g/mol. The zero-order valence-electron chi connectivity index (χ0n) is 9.05. The lowest BCUT2D eigenvalue weighted by molar-refractivity contribution is -0.137. The van der Waals surface area contributed by atoms with E-state index < -0.39 is 29.7 Å². The van der Waals surface area contributed by atoms with E-state index in [4.69, 9.17) is 0 Å². The average molecular weight is 263 g/mol. The molecular weight excluding hydrogens is 254 g/mol. The molecule has 0 spiro atoms. The second kappa shape index (κ2) is 4.47. The van der Waals surface area contributed by atoms with Crippen molar-refractivity contribution in [3.63, 3.8) is 0 Å². The van der Waals surface area contributed by atoms with E-state index in [9.17, 15) is 22.4 Å². The van der Waals surface area contributed by atoms with E-state index in [1.807, 2.05) is 0 Å². The Hall–Kier alpha value is -1.79. The van der Waals surface area contributed by atoms with E-state index in [0.29, 0.717) is 12.1 Å². The molecule has 1 aromatic rings. The molecule has 1 fully saturated rings. The van der Waals surface area contributed by atoms with E-state index in [1.165, 1.54) is 0 Å². The van der Waals surface area contributed by atoms with E-state index in [-0.39, 0.29) is 18.6 Å². The van der Waals surface area contributed by atoms with Gasteiger partial charge in [0, 0.05) is 12.0 Å². The Bertz CT molecular complexity index is 473. The number of alkyl halides is 3. The highest BCUT2D eigenvalue weighted by Gasteiger charge is 2.32. The van der Waals surface area contributed by atoms with Gasteiger partial charge < -0.3 is 10.1 Å². The number of carbonyl (C=O) groups is 1. The van der Waals surface area contributed by atoms with Crippen LogP contribution in [0.5, 0.6) is 0 Å². The molecule has 0 aliphatic carbocycles. The predicted molar refractivity (Wildman–Crippen MR) is 53.2 cm³/mol. The number of ether oxygens (including phenoxy) is 1. The molecule has 1 N–H and O–H groups in total. The number of nitrogens with one attached hydrogen (secondary N) is 1. The number of carbonyl (C=O) groups excluding carboxylic acids is 1. The Balaban J connectivity index is 2.34. The number of hydrogen-bond acceptors (Lipinski definition) is 2. The van der Waals surface area contributed by atoms with Gasteiger partial charge in [-0.2, -0.15) is 13.2 Å². The minimum atomic E-state index is -4.54.